The highest BCUT2D eigenvalue weighted by Crippen LogP contribution is 2.46. The average molecular weight is 519 g/mol. The summed E-state index contributed by atoms with van der Waals surface area (Å²) in [5, 5.41) is 12.4. The third-order valence-corrected chi connectivity index (χ3v) is 7.87. The van der Waals surface area contributed by atoms with Crippen LogP contribution in [0.15, 0.2) is 66.9 Å². The molecule has 2 aliphatic rings. The Labute approximate surface area is 222 Å². The first-order valence-corrected chi connectivity index (χ1v) is 12.9. The highest BCUT2D eigenvalue weighted by atomic mass is 35.5. The van der Waals surface area contributed by atoms with Gasteiger partial charge in [0.15, 0.2) is 0 Å². The molecule has 1 unspecified atom stereocenters. The zero-order chi connectivity index (χ0) is 26.0. The van der Waals surface area contributed by atoms with Crippen molar-refractivity contribution >= 4 is 23.6 Å². The van der Waals surface area contributed by atoms with Gasteiger partial charge in [-0.2, -0.15) is 0 Å². The zero-order valence-electron chi connectivity index (χ0n) is 21.1. The third-order valence-electron chi connectivity index (χ3n) is 7.61. The summed E-state index contributed by atoms with van der Waals surface area (Å²) >= 11 is 6.08. The summed E-state index contributed by atoms with van der Waals surface area (Å²) in [6.07, 6.45) is 5.44. The van der Waals surface area contributed by atoms with E-state index in [9.17, 15) is 9.90 Å². The first-order valence-electron chi connectivity index (χ1n) is 12.5. The van der Waals surface area contributed by atoms with Gasteiger partial charge in [-0.25, -0.2) is 0 Å². The number of pyridine rings is 1. The molecule has 0 bridgehead atoms. The Bertz CT molecular complexity index is 1320. The van der Waals surface area contributed by atoms with Crippen molar-refractivity contribution in [1.29, 1.82) is 0 Å². The van der Waals surface area contributed by atoms with Gasteiger partial charge in [-0.15, -0.1) is 0 Å². The predicted molar refractivity (Wildman–Crippen MR) is 144 cm³/mol. The minimum Gasteiger partial charge on any atom is -0.487 e. The van der Waals surface area contributed by atoms with Gasteiger partial charge in [0.2, 0.25) is 0 Å². The molecule has 0 spiro atoms. The number of halogens is 1. The number of benzene rings is 2. The van der Waals surface area contributed by atoms with Gasteiger partial charge in [-0.1, -0.05) is 49.7 Å². The molecule has 0 saturated carbocycles. The molecular formula is C30H31ClN2O4. The van der Waals surface area contributed by atoms with Crippen molar-refractivity contribution in [3.63, 3.8) is 0 Å². The second-order valence-electron chi connectivity index (χ2n) is 10.3. The first-order chi connectivity index (χ1) is 17.8. The fourth-order valence-electron chi connectivity index (χ4n) is 5.55. The fourth-order valence-corrected chi connectivity index (χ4v) is 5.68. The molecule has 2 aliphatic heterocycles. The maximum atomic E-state index is 11.7. The lowest BCUT2D eigenvalue weighted by Crippen LogP contribution is -2.55. The molecule has 2 aromatic carbocycles. The first kappa shape index (κ1) is 25.5. The summed E-state index contributed by atoms with van der Waals surface area (Å²) in [5.41, 5.74) is 3.44. The summed E-state index contributed by atoms with van der Waals surface area (Å²) in [7, 11) is 0. The molecule has 1 aromatic heterocycles. The molecule has 7 heteroatoms. The molecular weight excluding hydrogens is 488 g/mol. The number of aliphatic hydroxyl groups is 1. The summed E-state index contributed by atoms with van der Waals surface area (Å²) in [4.78, 5) is 17.9. The molecule has 0 radical (unpaired) electrons. The lowest BCUT2D eigenvalue weighted by Gasteiger charge is -2.50. The molecule has 1 fully saturated rings. The van der Waals surface area contributed by atoms with E-state index in [4.69, 9.17) is 21.1 Å². The van der Waals surface area contributed by atoms with Crippen molar-refractivity contribution in [3.8, 4) is 11.5 Å². The van der Waals surface area contributed by atoms with Gasteiger partial charge >= 0.3 is 0 Å². The van der Waals surface area contributed by atoms with Crippen LogP contribution in [0.25, 0.3) is 5.57 Å². The van der Waals surface area contributed by atoms with Gasteiger partial charge in [0.05, 0.1) is 11.3 Å². The Morgan fingerprint density at radius 3 is 2.73 bits per heavy atom. The maximum Gasteiger partial charge on any atom is 0.298 e. The third kappa shape index (κ3) is 5.01. The molecule has 0 aliphatic carbocycles. The molecule has 3 heterocycles. The van der Waals surface area contributed by atoms with Crippen LogP contribution >= 0.6 is 11.6 Å². The SMILES string of the molecule is CC1(C)CN(CC/C=C2/c3cc(OC=O)ccc3OCc3ncccc32)CCC1(O)c1ccc(Cl)cc1. The van der Waals surface area contributed by atoms with Crippen LogP contribution in [0.1, 0.15) is 49.1 Å². The number of hydrogen-bond acceptors (Lipinski definition) is 6. The van der Waals surface area contributed by atoms with Crippen molar-refractivity contribution in [1.82, 2.24) is 9.88 Å². The lowest BCUT2D eigenvalue weighted by molar-refractivity contribution is -0.125. The van der Waals surface area contributed by atoms with Crippen molar-refractivity contribution < 1.29 is 19.4 Å². The minimum atomic E-state index is -0.913. The van der Waals surface area contributed by atoms with Crippen LogP contribution in [0.2, 0.25) is 5.02 Å². The molecule has 37 heavy (non-hydrogen) atoms. The number of likely N-dealkylation sites (tertiary alicyclic amines) is 1. The normalized spacial score (nSPS) is 21.9. The van der Waals surface area contributed by atoms with Crippen LogP contribution in [0.3, 0.4) is 0 Å². The number of hydrogen-bond donors (Lipinski definition) is 1. The van der Waals surface area contributed by atoms with Gasteiger partial charge in [-0.05, 0) is 60.4 Å². The number of carbonyl (C=O) groups excluding carboxylic acids is 1. The Hall–Kier alpha value is -3.19. The molecule has 1 N–H and O–H groups in total. The Balaban J connectivity index is 1.37. The van der Waals surface area contributed by atoms with Gasteiger partial charge < -0.3 is 19.5 Å². The van der Waals surface area contributed by atoms with E-state index in [1.807, 2.05) is 42.5 Å². The molecule has 3 aromatic rings. The molecule has 5 rings (SSSR count). The number of ether oxygens (including phenoxy) is 2. The highest BCUT2D eigenvalue weighted by molar-refractivity contribution is 6.30. The van der Waals surface area contributed by atoms with E-state index in [0.717, 1.165) is 59.8 Å². The number of piperidine rings is 1. The van der Waals surface area contributed by atoms with Crippen molar-refractivity contribution in [2.75, 3.05) is 19.6 Å². The summed E-state index contributed by atoms with van der Waals surface area (Å²) in [6.45, 7) is 7.47. The molecule has 1 saturated heterocycles. The Kier molecular flexibility index (Phi) is 7.08. The largest absolute Gasteiger partial charge is 0.487 e. The number of rotatable bonds is 6. The average Bonchev–Trinajstić information content (AvgIpc) is 3.03. The predicted octanol–water partition coefficient (Wildman–Crippen LogP) is 5.60. The lowest BCUT2D eigenvalue weighted by atomic mass is 9.66. The monoisotopic (exact) mass is 518 g/mol. The Morgan fingerprint density at radius 1 is 1.16 bits per heavy atom. The van der Waals surface area contributed by atoms with E-state index in [1.165, 1.54) is 0 Å². The van der Waals surface area contributed by atoms with Crippen molar-refractivity contribution in [2.45, 2.75) is 38.9 Å². The van der Waals surface area contributed by atoms with E-state index in [0.29, 0.717) is 30.3 Å². The standard InChI is InChI=1S/C30H31ClN2O4/c1-29(2)19-33(16-13-30(29,35)21-7-9-22(31)10-8-21)15-4-6-24-25-5-3-14-32-27(25)18-36-28-12-11-23(37-20-34)17-26(24)28/h3,5-12,14,17,20,35H,4,13,15-16,18-19H2,1-2H3/b24-6+. The molecule has 0 amide bonds. The smallest absolute Gasteiger partial charge is 0.298 e. The maximum absolute atomic E-state index is 11.7. The van der Waals surface area contributed by atoms with Crippen molar-refractivity contribution in [2.24, 2.45) is 5.41 Å². The van der Waals surface area contributed by atoms with Gasteiger partial charge in [0.1, 0.15) is 18.1 Å². The van der Waals surface area contributed by atoms with E-state index >= 15 is 0 Å². The van der Waals surface area contributed by atoms with E-state index < -0.39 is 5.60 Å². The van der Waals surface area contributed by atoms with E-state index in [1.54, 1.807) is 12.3 Å². The molecule has 6 nitrogen and oxygen atoms in total. The quantitative estimate of drug-likeness (QED) is 0.428. The highest BCUT2D eigenvalue weighted by Gasteiger charge is 2.48. The molecule has 1 atom stereocenters. The minimum absolute atomic E-state index is 0.341. The number of fused-ring (bicyclic) bond motifs is 2. The zero-order valence-corrected chi connectivity index (χ0v) is 21.9. The Morgan fingerprint density at radius 2 is 1.97 bits per heavy atom. The summed E-state index contributed by atoms with van der Waals surface area (Å²) < 4.78 is 11.2. The van der Waals surface area contributed by atoms with E-state index in [-0.39, 0.29) is 5.41 Å². The van der Waals surface area contributed by atoms with Crippen LogP contribution in [0, 0.1) is 5.41 Å². The van der Waals surface area contributed by atoms with Crippen LogP contribution < -0.4 is 9.47 Å². The van der Waals surface area contributed by atoms with Crippen LogP contribution in [0.4, 0.5) is 0 Å². The fraction of sp³-hybridized carbons (Fsp3) is 0.333. The second kappa shape index (κ2) is 10.3. The number of nitrogens with zero attached hydrogens (tertiary/aromatic N) is 2. The van der Waals surface area contributed by atoms with Crippen LogP contribution in [-0.4, -0.2) is 41.1 Å². The van der Waals surface area contributed by atoms with Crippen LogP contribution in [-0.2, 0) is 17.0 Å². The number of aromatic nitrogens is 1. The van der Waals surface area contributed by atoms with Gasteiger partial charge in [0, 0.05) is 47.4 Å². The second-order valence-corrected chi connectivity index (χ2v) is 10.8. The molecule has 192 valence electrons. The van der Waals surface area contributed by atoms with E-state index in [2.05, 4.69) is 35.9 Å². The summed E-state index contributed by atoms with van der Waals surface area (Å²) in [6, 6.07) is 16.9. The van der Waals surface area contributed by atoms with Crippen molar-refractivity contribution in [3.05, 3.63) is 94.3 Å². The summed E-state index contributed by atoms with van der Waals surface area (Å²) in [5.74, 6) is 1.20. The topological polar surface area (TPSA) is 71.9 Å². The van der Waals surface area contributed by atoms with Gasteiger partial charge in [0.25, 0.3) is 6.47 Å². The van der Waals surface area contributed by atoms with Crippen LogP contribution in [0.5, 0.6) is 11.5 Å². The number of carbonyl (C=O) groups is 1. The van der Waals surface area contributed by atoms with Gasteiger partial charge in [-0.3, -0.25) is 9.78 Å².